The van der Waals surface area contributed by atoms with Gasteiger partial charge in [-0.05, 0) is 43.5 Å². The number of alkyl halides is 3. The lowest BCUT2D eigenvalue weighted by molar-refractivity contribution is -0.136. The van der Waals surface area contributed by atoms with Crippen LogP contribution in [0, 0.1) is 0 Å². The van der Waals surface area contributed by atoms with Crippen molar-refractivity contribution in [3.05, 3.63) is 41.6 Å². The minimum Gasteiger partial charge on any atom is -0.330 e. The van der Waals surface area contributed by atoms with Crippen LogP contribution in [0.4, 0.5) is 13.2 Å². The summed E-state index contributed by atoms with van der Waals surface area (Å²) in [7, 11) is 0. The number of rotatable bonds is 4. The first-order valence-electron chi connectivity index (χ1n) is 6.18. The molecule has 0 aliphatic rings. The molecule has 0 bridgehead atoms. The van der Waals surface area contributed by atoms with Crippen molar-refractivity contribution in [2.75, 3.05) is 6.54 Å². The Kier molecular flexibility index (Phi) is 4.04. The summed E-state index contributed by atoms with van der Waals surface area (Å²) in [6.45, 7) is 0.594. The number of aryl methyl sites for hydroxylation is 1. The Morgan fingerprint density at radius 3 is 2.58 bits per heavy atom. The van der Waals surface area contributed by atoms with Crippen LogP contribution < -0.4 is 5.73 Å². The van der Waals surface area contributed by atoms with Crippen LogP contribution in [0.15, 0.2) is 30.5 Å². The van der Waals surface area contributed by atoms with E-state index >= 15 is 0 Å². The first-order chi connectivity index (χ1) is 9.04. The van der Waals surface area contributed by atoms with Gasteiger partial charge in [0.1, 0.15) is 0 Å². The van der Waals surface area contributed by atoms with Crippen molar-refractivity contribution in [3.8, 4) is 0 Å². The number of para-hydroxylation sites is 1. The molecule has 0 fully saturated rings. The molecule has 0 spiro atoms. The van der Waals surface area contributed by atoms with Crippen LogP contribution in [0.25, 0.3) is 10.9 Å². The Labute approximate surface area is 109 Å². The molecule has 0 amide bonds. The second-order valence-corrected chi connectivity index (χ2v) is 4.42. The number of hydrogen-bond donors (Lipinski definition) is 1. The third-order valence-corrected chi connectivity index (χ3v) is 3.07. The van der Waals surface area contributed by atoms with Gasteiger partial charge in [-0.2, -0.15) is 13.2 Å². The van der Waals surface area contributed by atoms with Gasteiger partial charge in [-0.1, -0.05) is 12.1 Å². The van der Waals surface area contributed by atoms with E-state index in [-0.39, 0.29) is 5.52 Å². The monoisotopic (exact) mass is 268 g/mol. The molecule has 5 heteroatoms. The first kappa shape index (κ1) is 13.8. The zero-order valence-electron chi connectivity index (χ0n) is 10.4. The SMILES string of the molecule is NCCCCc1ccnc2c(C(F)(F)F)cccc12. The fourth-order valence-corrected chi connectivity index (χ4v) is 2.14. The Morgan fingerprint density at radius 2 is 1.89 bits per heavy atom. The molecule has 1 aromatic carbocycles. The average Bonchev–Trinajstić information content (AvgIpc) is 2.37. The zero-order valence-corrected chi connectivity index (χ0v) is 10.4. The number of nitrogens with zero attached hydrogens (tertiary/aromatic N) is 1. The predicted octanol–water partition coefficient (Wildman–Crippen LogP) is 3.54. The molecule has 2 N–H and O–H groups in total. The molecule has 0 saturated heterocycles. The molecular weight excluding hydrogens is 253 g/mol. The number of pyridine rings is 1. The van der Waals surface area contributed by atoms with Crippen molar-refractivity contribution in [2.45, 2.75) is 25.4 Å². The first-order valence-corrected chi connectivity index (χ1v) is 6.18. The van der Waals surface area contributed by atoms with Crippen LogP contribution in [-0.4, -0.2) is 11.5 Å². The third kappa shape index (κ3) is 3.04. The zero-order chi connectivity index (χ0) is 13.9. The molecule has 2 nitrogen and oxygen atoms in total. The summed E-state index contributed by atoms with van der Waals surface area (Å²) in [5.74, 6) is 0. The minimum atomic E-state index is -4.37. The van der Waals surface area contributed by atoms with Gasteiger partial charge in [0.15, 0.2) is 0 Å². The summed E-state index contributed by atoms with van der Waals surface area (Å²) >= 11 is 0. The maximum Gasteiger partial charge on any atom is 0.418 e. The molecule has 1 aromatic heterocycles. The highest BCUT2D eigenvalue weighted by Crippen LogP contribution is 2.34. The number of unbranched alkanes of at least 4 members (excludes halogenated alkanes) is 1. The molecule has 19 heavy (non-hydrogen) atoms. The Hall–Kier alpha value is -1.62. The Balaban J connectivity index is 2.46. The third-order valence-electron chi connectivity index (χ3n) is 3.07. The number of fused-ring (bicyclic) bond motifs is 1. The number of aromatic nitrogens is 1. The van der Waals surface area contributed by atoms with Crippen molar-refractivity contribution in [1.29, 1.82) is 0 Å². The van der Waals surface area contributed by atoms with Crippen molar-refractivity contribution >= 4 is 10.9 Å². The minimum absolute atomic E-state index is 0.0280. The number of hydrogen-bond acceptors (Lipinski definition) is 2. The maximum atomic E-state index is 12.9. The molecule has 2 aromatic rings. The number of halogens is 3. The van der Waals surface area contributed by atoms with Crippen molar-refractivity contribution in [2.24, 2.45) is 5.73 Å². The topological polar surface area (TPSA) is 38.9 Å². The Morgan fingerprint density at radius 1 is 1.11 bits per heavy atom. The molecule has 0 aliphatic carbocycles. The summed E-state index contributed by atoms with van der Waals surface area (Å²) in [6.07, 6.45) is -0.482. The van der Waals surface area contributed by atoms with Crippen molar-refractivity contribution in [1.82, 2.24) is 4.98 Å². The van der Waals surface area contributed by atoms with Gasteiger partial charge < -0.3 is 5.73 Å². The molecule has 2 rings (SSSR count). The van der Waals surface area contributed by atoms with Gasteiger partial charge in [-0.3, -0.25) is 4.98 Å². The summed E-state index contributed by atoms with van der Waals surface area (Å²) in [5.41, 5.74) is 5.67. The molecule has 0 aliphatic heterocycles. The second-order valence-electron chi connectivity index (χ2n) is 4.42. The van der Waals surface area contributed by atoms with Crippen LogP contribution >= 0.6 is 0 Å². The number of benzene rings is 1. The smallest absolute Gasteiger partial charge is 0.330 e. The van der Waals surface area contributed by atoms with E-state index in [0.717, 1.165) is 30.9 Å². The summed E-state index contributed by atoms with van der Waals surface area (Å²) in [4.78, 5) is 3.89. The van der Waals surface area contributed by atoms with Crippen LogP contribution in [0.1, 0.15) is 24.0 Å². The van der Waals surface area contributed by atoms with E-state index in [1.165, 1.54) is 12.3 Å². The van der Waals surface area contributed by atoms with Gasteiger partial charge in [0.25, 0.3) is 0 Å². The fourth-order valence-electron chi connectivity index (χ4n) is 2.14. The molecule has 102 valence electrons. The van der Waals surface area contributed by atoms with Gasteiger partial charge in [-0.15, -0.1) is 0 Å². The van der Waals surface area contributed by atoms with Gasteiger partial charge in [0, 0.05) is 11.6 Å². The lowest BCUT2D eigenvalue weighted by atomic mass is 10.0. The molecule has 0 radical (unpaired) electrons. The number of nitrogens with two attached hydrogens (primary N) is 1. The van der Waals surface area contributed by atoms with Crippen LogP contribution in [0.5, 0.6) is 0 Å². The molecule has 1 heterocycles. The molecule has 0 unspecified atom stereocenters. The van der Waals surface area contributed by atoms with E-state index in [0.29, 0.717) is 11.9 Å². The normalized spacial score (nSPS) is 12.0. The highest BCUT2D eigenvalue weighted by Gasteiger charge is 2.33. The van der Waals surface area contributed by atoms with Crippen LogP contribution in [-0.2, 0) is 12.6 Å². The summed E-state index contributed by atoms with van der Waals surface area (Å²) in [5, 5.41) is 0.578. The highest BCUT2D eigenvalue weighted by atomic mass is 19.4. The van der Waals surface area contributed by atoms with Gasteiger partial charge in [-0.25, -0.2) is 0 Å². The van der Waals surface area contributed by atoms with Crippen molar-refractivity contribution in [3.63, 3.8) is 0 Å². The van der Waals surface area contributed by atoms with Crippen LogP contribution in [0.2, 0.25) is 0 Å². The van der Waals surface area contributed by atoms with E-state index in [4.69, 9.17) is 5.73 Å². The lowest BCUT2D eigenvalue weighted by Gasteiger charge is -2.11. The van der Waals surface area contributed by atoms with Gasteiger partial charge >= 0.3 is 6.18 Å². The largest absolute Gasteiger partial charge is 0.418 e. The maximum absolute atomic E-state index is 12.9. The molecule has 0 saturated carbocycles. The van der Waals surface area contributed by atoms with Gasteiger partial charge in [0.05, 0.1) is 11.1 Å². The average molecular weight is 268 g/mol. The van der Waals surface area contributed by atoms with E-state index in [2.05, 4.69) is 4.98 Å². The molecule has 0 atom stereocenters. The standard InChI is InChI=1S/C14H15F3N2/c15-14(16,17)12-6-3-5-11-10(4-1-2-8-18)7-9-19-13(11)12/h3,5-7,9H,1-2,4,8,18H2. The summed E-state index contributed by atoms with van der Waals surface area (Å²) in [6, 6.07) is 5.96. The van der Waals surface area contributed by atoms with E-state index in [1.54, 1.807) is 12.1 Å². The van der Waals surface area contributed by atoms with E-state index < -0.39 is 11.7 Å². The van der Waals surface area contributed by atoms with Crippen molar-refractivity contribution < 1.29 is 13.2 Å². The summed E-state index contributed by atoms with van der Waals surface area (Å²) < 4.78 is 38.7. The second kappa shape index (κ2) is 5.57. The highest BCUT2D eigenvalue weighted by molar-refractivity contribution is 5.85. The van der Waals surface area contributed by atoms with Crippen LogP contribution in [0.3, 0.4) is 0 Å². The molecular formula is C14H15F3N2. The van der Waals surface area contributed by atoms with Gasteiger partial charge in [0.2, 0.25) is 0 Å². The Bertz CT molecular complexity index is 564. The lowest BCUT2D eigenvalue weighted by Crippen LogP contribution is -2.07. The quantitative estimate of drug-likeness (QED) is 0.861. The predicted molar refractivity (Wildman–Crippen MR) is 68.7 cm³/mol. The van der Waals surface area contributed by atoms with E-state index in [1.807, 2.05) is 0 Å². The fraction of sp³-hybridized carbons (Fsp3) is 0.357. The van der Waals surface area contributed by atoms with E-state index in [9.17, 15) is 13.2 Å².